The average Bonchev–Trinajstić information content (AvgIpc) is 2.40. The molecule has 0 aromatic carbocycles. The van der Waals surface area contributed by atoms with Gasteiger partial charge in [0.25, 0.3) is 0 Å². The standard InChI is InChI=1S/C14H21N3O/c1-11-7-9-15-10-13(11)17-14(18)6-5-12-4-2-3-8-16-12/h2-4,8,11,13,15H,5-7,9-10H2,1H3,(H,17,18). The van der Waals surface area contributed by atoms with Crippen molar-refractivity contribution in [3.05, 3.63) is 30.1 Å². The molecule has 0 saturated carbocycles. The summed E-state index contributed by atoms with van der Waals surface area (Å²) in [6, 6.07) is 6.07. The molecule has 4 heteroatoms. The van der Waals surface area contributed by atoms with E-state index in [1.54, 1.807) is 6.20 Å². The summed E-state index contributed by atoms with van der Waals surface area (Å²) in [6.45, 7) is 4.14. The average molecular weight is 247 g/mol. The second kappa shape index (κ2) is 6.50. The molecule has 0 bridgehead atoms. The Morgan fingerprint density at radius 3 is 3.17 bits per heavy atom. The van der Waals surface area contributed by atoms with Gasteiger partial charge >= 0.3 is 0 Å². The molecule has 2 atom stereocenters. The first kappa shape index (κ1) is 13.0. The monoisotopic (exact) mass is 247 g/mol. The van der Waals surface area contributed by atoms with E-state index in [0.29, 0.717) is 18.8 Å². The Hall–Kier alpha value is -1.42. The maximum atomic E-state index is 11.9. The predicted octanol–water partition coefficient (Wildman–Crippen LogP) is 1.13. The van der Waals surface area contributed by atoms with Crippen LogP contribution in [0.5, 0.6) is 0 Å². The van der Waals surface area contributed by atoms with Gasteiger partial charge in [-0.2, -0.15) is 0 Å². The van der Waals surface area contributed by atoms with Gasteiger partial charge in [-0.1, -0.05) is 13.0 Å². The van der Waals surface area contributed by atoms with Crippen molar-refractivity contribution >= 4 is 5.91 Å². The first-order chi connectivity index (χ1) is 8.75. The SMILES string of the molecule is CC1CCNCC1NC(=O)CCc1ccccn1. The number of amides is 1. The molecule has 1 amide bonds. The molecule has 1 saturated heterocycles. The fourth-order valence-electron chi connectivity index (χ4n) is 2.25. The van der Waals surface area contributed by atoms with E-state index in [1.165, 1.54) is 0 Å². The summed E-state index contributed by atoms with van der Waals surface area (Å²) >= 11 is 0. The van der Waals surface area contributed by atoms with Crippen LogP contribution in [0, 0.1) is 5.92 Å². The molecule has 2 unspecified atom stereocenters. The summed E-state index contributed by atoms with van der Waals surface area (Å²) in [5.74, 6) is 0.686. The summed E-state index contributed by atoms with van der Waals surface area (Å²) < 4.78 is 0. The van der Waals surface area contributed by atoms with Crippen molar-refractivity contribution < 1.29 is 4.79 Å². The maximum absolute atomic E-state index is 11.9. The van der Waals surface area contributed by atoms with Gasteiger partial charge in [0, 0.05) is 30.9 Å². The number of nitrogens with one attached hydrogen (secondary N) is 2. The first-order valence-corrected chi connectivity index (χ1v) is 6.65. The zero-order chi connectivity index (χ0) is 12.8. The molecular weight excluding hydrogens is 226 g/mol. The van der Waals surface area contributed by atoms with Crippen LogP contribution < -0.4 is 10.6 Å². The highest BCUT2D eigenvalue weighted by Gasteiger charge is 2.22. The van der Waals surface area contributed by atoms with Crippen LogP contribution in [-0.2, 0) is 11.2 Å². The van der Waals surface area contributed by atoms with E-state index < -0.39 is 0 Å². The van der Waals surface area contributed by atoms with E-state index in [1.807, 2.05) is 18.2 Å². The molecule has 2 N–H and O–H groups in total. The van der Waals surface area contributed by atoms with Gasteiger partial charge in [0.2, 0.25) is 5.91 Å². The van der Waals surface area contributed by atoms with Crippen molar-refractivity contribution in [3.63, 3.8) is 0 Å². The number of pyridine rings is 1. The fourth-order valence-corrected chi connectivity index (χ4v) is 2.25. The number of aromatic nitrogens is 1. The molecular formula is C14H21N3O. The van der Waals surface area contributed by atoms with Crippen molar-refractivity contribution in [1.82, 2.24) is 15.6 Å². The minimum Gasteiger partial charge on any atom is -0.352 e. The van der Waals surface area contributed by atoms with Gasteiger partial charge in [0.15, 0.2) is 0 Å². The van der Waals surface area contributed by atoms with Crippen LogP contribution in [0.4, 0.5) is 0 Å². The summed E-state index contributed by atoms with van der Waals surface area (Å²) in [7, 11) is 0. The van der Waals surface area contributed by atoms with Crippen molar-refractivity contribution in [2.75, 3.05) is 13.1 Å². The lowest BCUT2D eigenvalue weighted by atomic mass is 9.94. The lowest BCUT2D eigenvalue weighted by Crippen LogP contribution is -2.50. The number of hydrogen-bond donors (Lipinski definition) is 2. The van der Waals surface area contributed by atoms with Crippen molar-refractivity contribution in [3.8, 4) is 0 Å². The van der Waals surface area contributed by atoms with Gasteiger partial charge in [0.1, 0.15) is 0 Å². The number of nitrogens with zero attached hydrogens (tertiary/aromatic N) is 1. The molecule has 1 aromatic rings. The highest BCUT2D eigenvalue weighted by atomic mass is 16.1. The van der Waals surface area contributed by atoms with Crippen LogP contribution >= 0.6 is 0 Å². The second-order valence-corrected chi connectivity index (χ2v) is 4.97. The van der Waals surface area contributed by atoms with E-state index in [2.05, 4.69) is 22.5 Å². The Labute approximate surface area is 108 Å². The topological polar surface area (TPSA) is 54.0 Å². The van der Waals surface area contributed by atoms with Gasteiger partial charge in [-0.25, -0.2) is 0 Å². The summed E-state index contributed by atoms with van der Waals surface area (Å²) in [5, 5.41) is 6.43. The van der Waals surface area contributed by atoms with Crippen LogP contribution in [0.15, 0.2) is 24.4 Å². The van der Waals surface area contributed by atoms with E-state index >= 15 is 0 Å². The quantitative estimate of drug-likeness (QED) is 0.838. The summed E-state index contributed by atoms with van der Waals surface area (Å²) in [5.41, 5.74) is 0.975. The molecule has 1 fully saturated rings. The molecule has 2 rings (SSSR count). The number of piperidine rings is 1. The third-order valence-corrected chi connectivity index (χ3v) is 3.51. The van der Waals surface area contributed by atoms with Crippen LogP contribution in [0.2, 0.25) is 0 Å². The van der Waals surface area contributed by atoms with Crippen molar-refractivity contribution in [2.45, 2.75) is 32.2 Å². The van der Waals surface area contributed by atoms with Crippen LogP contribution in [0.3, 0.4) is 0 Å². The van der Waals surface area contributed by atoms with Gasteiger partial charge in [-0.15, -0.1) is 0 Å². The Morgan fingerprint density at radius 1 is 1.56 bits per heavy atom. The minimum atomic E-state index is 0.126. The Bertz CT molecular complexity index is 380. The molecule has 18 heavy (non-hydrogen) atoms. The smallest absolute Gasteiger partial charge is 0.220 e. The number of carbonyl (C=O) groups is 1. The molecule has 0 spiro atoms. The first-order valence-electron chi connectivity index (χ1n) is 6.65. The van der Waals surface area contributed by atoms with E-state index in [0.717, 1.165) is 25.2 Å². The zero-order valence-corrected chi connectivity index (χ0v) is 10.9. The normalized spacial score (nSPS) is 23.6. The van der Waals surface area contributed by atoms with Crippen molar-refractivity contribution in [1.29, 1.82) is 0 Å². The number of hydrogen-bond acceptors (Lipinski definition) is 3. The molecule has 1 aliphatic rings. The molecule has 4 nitrogen and oxygen atoms in total. The third-order valence-electron chi connectivity index (χ3n) is 3.51. The third kappa shape index (κ3) is 3.81. The Morgan fingerprint density at radius 2 is 2.44 bits per heavy atom. The van der Waals surface area contributed by atoms with Crippen LogP contribution in [0.1, 0.15) is 25.5 Å². The van der Waals surface area contributed by atoms with Crippen molar-refractivity contribution in [2.24, 2.45) is 5.92 Å². The number of aryl methyl sites for hydroxylation is 1. The number of carbonyl (C=O) groups excluding carboxylic acids is 1. The molecule has 98 valence electrons. The van der Waals surface area contributed by atoms with E-state index in [4.69, 9.17) is 0 Å². The molecule has 0 radical (unpaired) electrons. The summed E-state index contributed by atoms with van der Waals surface area (Å²) in [4.78, 5) is 16.1. The maximum Gasteiger partial charge on any atom is 0.220 e. The van der Waals surface area contributed by atoms with E-state index in [-0.39, 0.29) is 11.9 Å². The van der Waals surface area contributed by atoms with Crippen LogP contribution in [-0.4, -0.2) is 30.0 Å². The highest BCUT2D eigenvalue weighted by Crippen LogP contribution is 2.11. The van der Waals surface area contributed by atoms with Gasteiger partial charge in [-0.3, -0.25) is 9.78 Å². The molecule has 1 aliphatic heterocycles. The zero-order valence-electron chi connectivity index (χ0n) is 10.9. The van der Waals surface area contributed by atoms with Gasteiger partial charge < -0.3 is 10.6 Å². The lowest BCUT2D eigenvalue weighted by Gasteiger charge is -2.30. The molecule has 0 aliphatic carbocycles. The molecule has 2 heterocycles. The van der Waals surface area contributed by atoms with Crippen LogP contribution in [0.25, 0.3) is 0 Å². The second-order valence-electron chi connectivity index (χ2n) is 4.97. The highest BCUT2D eigenvalue weighted by molar-refractivity contribution is 5.76. The Kier molecular flexibility index (Phi) is 4.70. The molecule has 1 aromatic heterocycles. The Balaban J connectivity index is 1.75. The van der Waals surface area contributed by atoms with Gasteiger partial charge in [-0.05, 0) is 37.4 Å². The lowest BCUT2D eigenvalue weighted by molar-refractivity contribution is -0.122. The van der Waals surface area contributed by atoms with Gasteiger partial charge in [0.05, 0.1) is 0 Å². The predicted molar refractivity (Wildman–Crippen MR) is 71.1 cm³/mol. The van der Waals surface area contributed by atoms with E-state index in [9.17, 15) is 4.79 Å². The summed E-state index contributed by atoms with van der Waals surface area (Å²) in [6.07, 6.45) is 4.12. The largest absolute Gasteiger partial charge is 0.352 e. The minimum absolute atomic E-state index is 0.126. The number of rotatable bonds is 4. The fraction of sp³-hybridized carbons (Fsp3) is 0.571.